The van der Waals surface area contributed by atoms with E-state index in [2.05, 4.69) is 19.9 Å². The van der Waals surface area contributed by atoms with Crippen molar-refractivity contribution in [1.29, 1.82) is 0 Å². The number of hydrogen-bond acceptors (Lipinski definition) is 3. The van der Waals surface area contributed by atoms with Crippen LogP contribution in [0.25, 0.3) is 0 Å². The zero-order chi connectivity index (χ0) is 13.9. The van der Waals surface area contributed by atoms with Gasteiger partial charge >= 0.3 is 0 Å². The van der Waals surface area contributed by atoms with Crippen molar-refractivity contribution in [3.63, 3.8) is 0 Å². The minimum absolute atomic E-state index is 0.0404. The van der Waals surface area contributed by atoms with E-state index in [0.717, 1.165) is 31.4 Å². The molecule has 2 unspecified atom stereocenters. The monoisotopic (exact) mass is 263 g/mol. The van der Waals surface area contributed by atoms with Gasteiger partial charge in [0.2, 0.25) is 0 Å². The highest BCUT2D eigenvalue weighted by molar-refractivity contribution is 5.35. The van der Waals surface area contributed by atoms with Gasteiger partial charge in [-0.1, -0.05) is 32.0 Å². The van der Waals surface area contributed by atoms with E-state index < -0.39 is 5.54 Å². The molecule has 106 valence electrons. The average molecular weight is 263 g/mol. The molecule has 3 heteroatoms. The second-order valence-electron chi connectivity index (χ2n) is 6.05. The maximum atomic E-state index is 9.40. The quantitative estimate of drug-likeness (QED) is 0.878. The van der Waals surface area contributed by atoms with Gasteiger partial charge in [0, 0.05) is 12.0 Å². The fourth-order valence-corrected chi connectivity index (χ4v) is 2.83. The number of nitrogens with two attached hydrogens (primary N) is 1. The van der Waals surface area contributed by atoms with E-state index in [9.17, 15) is 5.11 Å². The molecule has 2 atom stereocenters. The molecular formula is C16H25NO2. The van der Waals surface area contributed by atoms with E-state index in [1.807, 2.05) is 18.2 Å². The van der Waals surface area contributed by atoms with Crippen molar-refractivity contribution < 1.29 is 9.84 Å². The third kappa shape index (κ3) is 3.48. The second kappa shape index (κ2) is 5.93. The van der Waals surface area contributed by atoms with Crippen LogP contribution in [0.4, 0.5) is 0 Å². The molecule has 0 bridgehead atoms. The lowest BCUT2D eigenvalue weighted by Crippen LogP contribution is -2.50. The molecule has 0 amide bonds. The summed E-state index contributed by atoms with van der Waals surface area (Å²) in [5.41, 5.74) is 6.94. The first kappa shape index (κ1) is 14.4. The highest BCUT2D eigenvalue weighted by Gasteiger charge is 2.33. The molecule has 2 rings (SSSR count). The predicted molar refractivity (Wildman–Crippen MR) is 77.4 cm³/mol. The van der Waals surface area contributed by atoms with Crippen LogP contribution in [0.15, 0.2) is 24.3 Å². The number of para-hydroxylation sites is 1. The highest BCUT2D eigenvalue weighted by Crippen LogP contribution is 2.32. The van der Waals surface area contributed by atoms with Gasteiger partial charge < -0.3 is 15.6 Å². The Kier molecular flexibility index (Phi) is 4.48. The maximum absolute atomic E-state index is 9.40. The number of ether oxygens (including phenoxy) is 1. The average Bonchev–Trinajstić information content (AvgIpc) is 2.39. The van der Waals surface area contributed by atoms with Crippen LogP contribution < -0.4 is 10.5 Å². The fraction of sp³-hybridized carbons (Fsp3) is 0.625. The van der Waals surface area contributed by atoms with Crippen molar-refractivity contribution >= 4 is 0 Å². The minimum Gasteiger partial charge on any atom is -0.490 e. The Bertz CT molecular complexity index is 419. The Hall–Kier alpha value is -1.06. The van der Waals surface area contributed by atoms with E-state index in [0.29, 0.717) is 5.92 Å². The van der Waals surface area contributed by atoms with Crippen molar-refractivity contribution in [2.75, 3.05) is 6.61 Å². The summed E-state index contributed by atoms with van der Waals surface area (Å²) >= 11 is 0. The molecule has 0 heterocycles. The summed E-state index contributed by atoms with van der Waals surface area (Å²) in [6.07, 6.45) is 3.77. The topological polar surface area (TPSA) is 55.5 Å². The molecule has 1 aromatic carbocycles. The summed E-state index contributed by atoms with van der Waals surface area (Å²) < 4.78 is 6.15. The largest absolute Gasteiger partial charge is 0.490 e. The Morgan fingerprint density at radius 1 is 1.42 bits per heavy atom. The van der Waals surface area contributed by atoms with Gasteiger partial charge in [0.15, 0.2) is 0 Å². The number of aliphatic hydroxyl groups excluding tert-OH is 1. The van der Waals surface area contributed by atoms with Crippen LogP contribution in [-0.2, 0) is 0 Å². The van der Waals surface area contributed by atoms with Gasteiger partial charge in [-0.15, -0.1) is 0 Å². The standard InChI is InChI=1S/C16H25NO2/c1-12(2)14-7-3-4-8-15(14)19-13-6-5-9-16(17,10-13)11-18/h3-4,7-8,12-13,18H,5-6,9-11,17H2,1-2H3. The molecule has 3 N–H and O–H groups in total. The van der Waals surface area contributed by atoms with Crippen LogP contribution in [0.2, 0.25) is 0 Å². The Labute approximate surface area is 115 Å². The van der Waals surface area contributed by atoms with E-state index in [-0.39, 0.29) is 12.7 Å². The van der Waals surface area contributed by atoms with Gasteiger partial charge in [-0.25, -0.2) is 0 Å². The van der Waals surface area contributed by atoms with Crippen molar-refractivity contribution in [2.45, 2.75) is 57.1 Å². The summed E-state index contributed by atoms with van der Waals surface area (Å²) in [6, 6.07) is 8.20. The molecule has 19 heavy (non-hydrogen) atoms. The Morgan fingerprint density at radius 2 is 2.16 bits per heavy atom. The van der Waals surface area contributed by atoms with Crippen molar-refractivity contribution in [3.8, 4) is 5.75 Å². The molecule has 1 aromatic rings. The molecular weight excluding hydrogens is 238 g/mol. The number of benzene rings is 1. The number of rotatable bonds is 4. The first-order valence-corrected chi connectivity index (χ1v) is 7.19. The van der Waals surface area contributed by atoms with Crippen LogP contribution >= 0.6 is 0 Å². The predicted octanol–water partition coefficient (Wildman–Crippen LogP) is 2.82. The zero-order valence-electron chi connectivity index (χ0n) is 11.9. The summed E-state index contributed by atoms with van der Waals surface area (Å²) in [4.78, 5) is 0. The minimum atomic E-state index is -0.463. The van der Waals surface area contributed by atoms with Crippen LogP contribution in [-0.4, -0.2) is 23.4 Å². The highest BCUT2D eigenvalue weighted by atomic mass is 16.5. The number of hydrogen-bond donors (Lipinski definition) is 2. The molecule has 0 aromatic heterocycles. The van der Waals surface area contributed by atoms with Gasteiger partial charge in [-0.05, 0) is 36.8 Å². The van der Waals surface area contributed by atoms with Crippen LogP contribution in [0, 0.1) is 0 Å². The van der Waals surface area contributed by atoms with E-state index in [1.165, 1.54) is 5.56 Å². The third-order valence-corrected chi connectivity index (χ3v) is 3.98. The van der Waals surface area contributed by atoms with Crippen LogP contribution in [0.1, 0.15) is 51.0 Å². The smallest absolute Gasteiger partial charge is 0.123 e. The first-order valence-electron chi connectivity index (χ1n) is 7.19. The molecule has 1 fully saturated rings. The van der Waals surface area contributed by atoms with Gasteiger partial charge in [0.1, 0.15) is 11.9 Å². The van der Waals surface area contributed by atoms with Gasteiger partial charge in [-0.2, -0.15) is 0 Å². The Balaban J connectivity index is 2.09. The zero-order valence-corrected chi connectivity index (χ0v) is 11.9. The molecule has 0 spiro atoms. The second-order valence-corrected chi connectivity index (χ2v) is 6.05. The normalized spacial score (nSPS) is 27.5. The first-order chi connectivity index (χ1) is 9.04. The van der Waals surface area contributed by atoms with Gasteiger partial charge in [-0.3, -0.25) is 0 Å². The molecule has 0 saturated heterocycles. The van der Waals surface area contributed by atoms with E-state index in [1.54, 1.807) is 0 Å². The summed E-state index contributed by atoms with van der Waals surface area (Å²) in [5, 5.41) is 9.40. The lowest BCUT2D eigenvalue weighted by atomic mass is 9.81. The lowest BCUT2D eigenvalue weighted by molar-refractivity contribution is 0.0722. The van der Waals surface area contributed by atoms with E-state index in [4.69, 9.17) is 10.5 Å². The molecule has 0 radical (unpaired) electrons. The summed E-state index contributed by atoms with van der Waals surface area (Å²) in [5.74, 6) is 1.41. The van der Waals surface area contributed by atoms with Crippen molar-refractivity contribution in [2.24, 2.45) is 5.73 Å². The van der Waals surface area contributed by atoms with Gasteiger partial charge in [0.25, 0.3) is 0 Å². The molecule has 0 aliphatic heterocycles. The molecule has 1 saturated carbocycles. The van der Waals surface area contributed by atoms with Gasteiger partial charge in [0.05, 0.1) is 6.61 Å². The van der Waals surface area contributed by atoms with E-state index >= 15 is 0 Å². The van der Waals surface area contributed by atoms with Crippen LogP contribution in [0.5, 0.6) is 5.75 Å². The van der Waals surface area contributed by atoms with Crippen molar-refractivity contribution in [3.05, 3.63) is 29.8 Å². The Morgan fingerprint density at radius 3 is 2.84 bits per heavy atom. The lowest BCUT2D eigenvalue weighted by Gasteiger charge is -2.36. The fourth-order valence-electron chi connectivity index (χ4n) is 2.83. The van der Waals surface area contributed by atoms with Crippen LogP contribution in [0.3, 0.4) is 0 Å². The van der Waals surface area contributed by atoms with Crippen molar-refractivity contribution in [1.82, 2.24) is 0 Å². The summed E-state index contributed by atoms with van der Waals surface area (Å²) in [7, 11) is 0. The molecule has 1 aliphatic carbocycles. The molecule has 3 nitrogen and oxygen atoms in total. The third-order valence-electron chi connectivity index (χ3n) is 3.98. The number of aliphatic hydroxyl groups is 1. The maximum Gasteiger partial charge on any atom is 0.123 e. The summed E-state index contributed by atoms with van der Waals surface area (Å²) in [6.45, 7) is 4.38. The SMILES string of the molecule is CC(C)c1ccccc1OC1CCCC(N)(CO)C1. The molecule has 1 aliphatic rings.